The van der Waals surface area contributed by atoms with Gasteiger partial charge in [-0.1, -0.05) is 0 Å². The lowest BCUT2D eigenvalue weighted by Gasteiger charge is -2.10. The van der Waals surface area contributed by atoms with Gasteiger partial charge in [-0.05, 0) is 27.7 Å². The zero-order chi connectivity index (χ0) is 15.3. The normalized spacial score (nSPS) is 14.9. The average molecular weight is 280 g/mol. The third-order valence-electron chi connectivity index (χ3n) is 1.80. The molecule has 116 valence electrons. The first-order valence-corrected chi connectivity index (χ1v) is 6.48. The van der Waals surface area contributed by atoms with Gasteiger partial charge in [0.1, 0.15) is 6.10 Å². The molecule has 0 aromatic carbocycles. The molecule has 0 saturated heterocycles. The Labute approximate surface area is 115 Å². The Morgan fingerprint density at radius 3 is 2.11 bits per heavy atom. The van der Waals surface area contributed by atoms with Crippen LogP contribution in [-0.4, -0.2) is 60.9 Å². The summed E-state index contributed by atoms with van der Waals surface area (Å²) in [5.74, 6) is -0.257. The van der Waals surface area contributed by atoms with Gasteiger partial charge in [-0.2, -0.15) is 0 Å². The highest BCUT2D eigenvalue weighted by molar-refractivity contribution is 5.66. The summed E-state index contributed by atoms with van der Waals surface area (Å²) in [6.07, 6.45) is -0.740. The fourth-order valence-electron chi connectivity index (χ4n) is 0.957. The van der Waals surface area contributed by atoms with Gasteiger partial charge in [-0.25, -0.2) is 0 Å². The number of aliphatic hydroxyl groups excluding tert-OH is 2. The summed E-state index contributed by atoms with van der Waals surface area (Å²) < 4.78 is 14.8. The molecular weight excluding hydrogens is 252 g/mol. The molecule has 0 rings (SSSR count). The predicted molar refractivity (Wildman–Crippen MR) is 71.9 cm³/mol. The van der Waals surface area contributed by atoms with E-state index in [1.165, 1.54) is 6.92 Å². The van der Waals surface area contributed by atoms with Gasteiger partial charge in [0.25, 0.3) is 0 Å². The van der Waals surface area contributed by atoms with E-state index in [1.807, 2.05) is 6.92 Å². The molecule has 3 atom stereocenters. The zero-order valence-corrected chi connectivity index (χ0v) is 12.6. The van der Waals surface area contributed by atoms with Crippen LogP contribution in [0.3, 0.4) is 0 Å². The highest BCUT2D eigenvalue weighted by Gasteiger charge is 2.03. The van der Waals surface area contributed by atoms with Crippen molar-refractivity contribution in [3.05, 3.63) is 0 Å². The van der Waals surface area contributed by atoms with Crippen molar-refractivity contribution in [1.82, 2.24) is 0 Å². The summed E-state index contributed by atoms with van der Waals surface area (Å²) in [6, 6.07) is 0. The van der Waals surface area contributed by atoms with Crippen LogP contribution in [0.15, 0.2) is 0 Å². The minimum atomic E-state index is -0.445. The number of ether oxygens (including phenoxy) is 3. The Bertz CT molecular complexity index is 207. The van der Waals surface area contributed by atoms with Crippen molar-refractivity contribution < 1.29 is 29.2 Å². The van der Waals surface area contributed by atoms with Crippen molar-refractivity contribution in [3.8, 4) is 0 Å². The monoisotopic (exact) mass is 280 g/mol. The molecule has 2 N–H and O–H groups in total. The molecule has 0 aromatic rings. The summed E-state index contributed by atoms with van der Waals surface area (Å²) in [6.45, 7) is 9.93. The quantitative estimate of drug-likeness (QED) is 0.638. The second-order valence-corrected chi connectivity index (χ2v) is 4.26. The van der Waals surface area contributed by atoms with Crippen LogP contribution in [0, 0.1) is 0 Å². The summed E-state index contributed by atoms with van der Waals surface area (Å²) in [7, 11) is 0. The minimum Gasteiger partial charge on any atom is -0.460 e. The molecule has 0 aromatic heterocycles. The second kappa shape index (κ2) is 13.7. The molecule has 3 unspecified atom stereocenters. The van der Waals surface area contributed by atoms with Crippen LogP contribution in [0.5, 0.6) is 0 Å². The molecule has 6 nitrogen and oxygen atoms in total. The van der Waals surface area contributed by atoms with Crippen LogP contribution in [0.25, 0.3) is 0 Å². The molecule has 0 aliphatic carbocycles. The van der Waals surface area contributed by atoms with Gasteiger partial charge in [-0.3, -0.25) is 4.79 Å². The summed E-state index contributed by atoms with van der Waals surface area (Å²) in [5.41, 5.74) is 0. The lowest BCUT2D eigenvalue weighted by molar-refractivity contribution is -0.148. The largest absolute Gasteiger partial charge is 0.460 e. The first kappa shape index (κ1) is 20.6. The van der Waals surface area contributed by atoms with E-state index < -0.39 is 6.10 Å². The van der Waals surface area contributed by atoms with Crippen LogP contribution >= 0.6 is 0 Å². The maximum Gasteiger partial charge on any atom is 0.302 e. The molecule has 0 bridgehead atoms. The van der Waals surface area contributed by atoms with Gasteiger partial charge in [0.2, 0.25) is 0 Å². The van der Waals surface area contributed by atoms with Crippen LogP contribution in [-0.2, 0) is 19.0 Å². The molecule has 0 aliphatic heterocycles. The van der Waals surface area contributed by atoms with Gasteiger partial charge in [0, 0.05) is 13.5 Å². The summed E-state index contributed by atoms with van der Waals surface area (Å²) in [5, 5.41) is 17.1. The van der Waals surface area contributed by atoms with Gasteiger partial charge < -0.3 is 24.4 Å². The molecular formula is C13H28O6. The fraction of sp³-hybridized carbons (Fsp3) is 0.923. The Kier molecular flexibility index (Phi) is 14.9. The minimum absolute atomic E-state index is 0.00667. The van der Waals surface area contributed by atoms with Crippen LogP contribution in [0.2, 0.25) is 0 Å². The molecule has 0 spiro atoms. The van der Waals surface area contributed by atoms with Crippen LogP contribution < -0.4 is 0 Å². The highest BCUT2D eigenvalue weighted by Crippen LogP contribution is 1.91. The summed E-state index contributed by atoms with van der Waals surface area (Å²) in [4.78, 5) is 10.3. The molecule has 0 saturated carbocycles. The second-order valence-electron chi connectivity index (χ2n) is 4.26. The lowest BCUT2D eigenvalue weighted by atomic mass is 10.4. The van der Waals surface area contributed by atoms with E-state index in [1.54, 1.807) is 20.8 Å². The van der Waals surface area contributed by atoms with Gasteiger partial charge in [0.05, 0.1) is 32.0 Å². The standard InChI is InChI=1S/C7H14O3.C6H14O3/c1-4-9-5-6(2)10-7(3)8;1-5(8)4-9-6(2)3-7/h6H,4-5H2,1-3H3;5-8H,3-4H2,1-2H3. The Morgan fingerprint density at radius 1 is 1.16 bits per heavy atom. The lowest BCUT2D eigenvalue weighted by Crippen LogP contribution is -2.19. The van der Waals surface area contributed by atoms with Crippen molar-refractivity contribution >= 4 is 5.97 Å². The van der Waals surface area contributed by atoms with E-state index in [0.717, 1.165) is 0 Å². The SMILES string of the molecule is CC(O)COC(C)CO.CCOCC(C)OC(C)=O. The Hall–Kier alpha value is -0.690. The van der Waals surface area contributed by atoms with E-state index in [9.17, 15) is 4.79 Å². The number of hydrogen-bond donors (Lipinski definition) is 2. The smallest absolute Gasteiger partial charge is 0.302 e. The highest BCUT2D eigenvalue weighted by atomic mass is 16.6. The molecule has 0 amide bonds. The molecule has 0 radical (unpaired) electrons. The Morgan fingerprint density at radius 2 is 1.74 bits per heavy atom. The van der Waals surface area contributed by atoms with Gasteiger partial charge in [-0.15, -0.1) is 0 Å². The van der Waals surface area contributed by atoms with Gasteiger partial charge in [0.15, 0.2) is 0 Å². The van der Waals surface area contributed by atoms with Crippen LogP contribution in [0.1, 0.15) is 34.6 Å². The predicted octanol–water partition coefficient (Wildman–Crippen LogP) is 0.739. The van der Waals surface area contributed by atoms with Crippen molar-refractivity contribution in [2.45, 2.75) is 52.9 Å². The molecule has 19 heavy (non-hydrogen) atoms. The number of carbonyl (C=O) groups is 1. The van der Waals surface area contributed by atoms with Crippen LogP contribution in [0.4, 0.5) is 0 Å². The number of hydrogen-bond acceptors (Lipinski definition) is 6. The van der Waals surface area contributed by atoms with Gasteiger partial charge >= 0.3 is 5.97 Å². The summed E-state index contributed by atoms with van der Waals surface area (Å²) >= 11 is 0. The van der Waals surface area contributed by atoms with Crippen molar-refractivity contribution in [2.24, 2.45) is 0 Å². The first-order valence-electron chi connectivity index (χ1n) is 6.48. The number of esters is 1. The maximum absolute atomic E-state index is 10.3. The Balaban J connectivity index is 0. The third-order valence-corrected chi connectivity index (χ3v) is 1.80. The molecule has 0 aliphatic rings. The number of aliphatic hydroxyl groups is 2. The average Bonchev–Trinajstić information content (AvgIpc) is 2.33. The third kappa shape index (κ3) is 19.8. The van der Waals surface area contributed by atoms with E-state index >= 15 is 0 Å². The molecule has 6 heteroatoms. The first-order chi connectivity index (χ1) is 8.83. The van der Waals surface area contributed by atoms with Crippen molar-refractivity contribution in [2.75, 3.05) is 26.4 Å². The van der Waals surface area contributed by atoms with E-state index in [0.29, 0.717) is 19.8 Å². The van der Waals surface area contributed by atoms with Crippen molar-refractivity contribution in [3.63, 3.8) is 0 Å². The van der Waals surface area contributed by atoms with E-state index in [4.69, 9.17) is 24.4 Å². The molecule has 0 heterocycles. The van der Waals surface area contributed by atoms with E-state index in [-0.39, 0.29) is 24.8 Å². The molecule has 0 fully saturated rings. The zero-order valence-electron chi connectivity index (χ0n) is 12.6. The number of rotatable bonds is 8. The van der Waals surface area contributed by atoms with Crippen molar-refractivity contribution in [1.29, 1.82) is 0 Å². The number of carbonyl (C=O) groups excluding carboxylic acids is 1. The fourth-order valence-corrected chi connectivity index (χ4v) is 0.957. The van der Waals surface area contributed by atoms with E-state index in [2.05, 4.69) is 0 Å². The maximum atomic E-state index is 10.3. The topological polar surface area (TPSA) is 85.2 Å².